The Hall–Kier alpha value is -0.830. The summed E-state index contributed by atoms with van der Waals surface area (Å²) in [6, 6.07) is 2.79. The van der Waals surface area contributed by atoms with E-state index in [1.165, 1.54) is 25.7 Å². The summed E-state index contributed by atoms with van der Waals surface area (Å²) in [5.74, 6) is 0. The van der Waals surface area contributed by atoms with Gasteiger partial charge in [0.1, 0.15) is 0 Å². The summed E-state index contributed by atoms with van der Waals surface area (Å²) >= 11 is 0. The van der Waals surface area contributed by atoms with Crippen molar-refractivity contribution < 1.29 is 0 Å². The van der Waals surface area contributed by atoms with Gasteiger partial charge in [0.15, 0.2) is 0 Å². The minimum atomic E-state index is 0.817. The Bertz CT molecular complexity index is 226. The summed E-state index contributed by atoms with van der Waals surface area (Å²) in [7, 11) is 0. The summed E-state index contributed by atoms with van der Waals surface area (Å²) in [5, 5.41) is 7.70. The van der Waals surface area contributed by atoms with Crippen LogP contribution in [0.1, 0.15) is 25.7 Å². The fourth-order valence-electron chi connectivity index (χ4n) is 1.59. The molecule has 0 aliphatic heterocycles. The third-order valence-corrected chi connectivity index (χ3v) is 2.66. The lowest BCUT2D eigenvalue weighted by Crippen LogP contribution is -2.35. The Kier molecular flexibility index (Phi) is 2.98. The van der Waals surface area contributed by atoms with E-state index in [4.69, 9.17) is 0 Å². The van der Waals surface area contributed by atoms with Crippen molar-refractivity contribution >= 4 is 0 Å². The fourth-order valence-corrected chi connectivity index (χ4v) is 1.59. The van der Waals surface area contributed by atoms with Crippen LogP contribution in [0.5, 0.6) is 0 Å². The fraction of sp³-hybridized carbons (Fsp3) is 0.700. The molecule has 1 aromatic rings. The highest BCUT2D eigenvalue weighted by Gasteiger charge is 2.15. The molecule has 0 atom stereocenters. The second-order valence-electron chi connectivity index (χ2n) is 3.70. The first kappa shape index (κ1) is 8.75. The Morgan fingerprint density at radius 3 is 3.00 bits per heavy atom. The number of rotatable bonds is 5. The van der Waals surface area contributed by atoms with Gasteiger partial charge in [-0.05, 0) is 31.9 Å². The van der Waals surface area contributed by atoms with Crippen molar-refractivity contribution in [1.82, 2.24) is 15.1 Å². The number of aromatic nitrogens is 2. The molecule has 0 amide bonds. The quantitative estimate of drug-likeness (QED) is 0.693. The third-order valence-electron chi connectivity index (χ3n) is 2.66. The molecule has 3 nitrogen and oxygen atoms in total. The van der Waals surface area contributed by atoms with E-state index >= 15 is 0 Å². The Balaban J connectivity index is 1.53. The molecule has 0 saturated heterocycles. The van der Waals surface area contributed by atoms with Crippen LogP contribution in [0.2, 0.25) is 0 Å². The van der Waals surface area contributed by atoms with Crippen molar-refractivity contribution in [2.45, 2.75) is 38.3 Å². The summed E-state index contributed by atoms with van der Waals surface area (Å²) in [5.41, 5.74) is 0. The highest BCUT2D eigenvalue weighted by molar-refractivity contribution is 4.78. The van der Waals surface area contributed by atoms with Crippen molar-refractivity contribution in [3.63, 3.8) is 0 Å². The lowest BCUT2D eigenvalue weighted by Gasteiger charge is -2.26. The first-order valence-corrected chi connectivity index (χ1v) is 5.16. The third kappa shape index (κ3) is 2.56. The van der Waals surface area contributed by atoms with Gasteiger partial charge in [0, 0.05) is 25.0 Å². The molecule has 1 N–H and O–H groups in total. The zero-order valence-corrected chi connectivity index (χ0v) is 7.95. The molecule has 3 heteroatoms. The van der Waals surface area contributed by atoms with Crippen LogP contribution in [-0.4, -0.2) is 22.4 Å². The van der Waals surface area contributed by atoms with Crippen LogP contribution in [0.3, 0.4) is 0 Å². The van der Waals surface area contributed by atoms with Gasteiger partial charge in [0.25, 0.3) is 0 Å². The van der Waals surface area contributed by atoms with Crippen molar-refractivity contribution in [1.29, 1.82) is 0 Å². The molecule has 1 aromatic heterocycles. The molecular formula is C10H17N3. The molecule has 1 saturated carbocycles. The lowest BCUT2D eigenvalue weighted by molar-refractivity contribution is 0.335. The van der Waals surface area contributed by atoms with Crippen LogP contribution in [0.4, 0.5) is 0 Å². The first-order chi connectivity index (χ1) is 6.45. The largest absolute Gasteiger partial charge is 0.314 e. The van der Waals surface area contributed by atoms with Crippen LogP contribution in [0.15, 0.2) is 18.5 Å². The second-order valence-corrected chi connectivity index (χ2v) is 3.70. The van der Waals surface area contributed by atoms with E-state index in [0.717, 1.165) is 19.1 Å². The summed E-state index contributed by atoms with van der Waals surface area (Å²) < 4.78 is 1.99. The van der Waals surface area contributed by atoms with Crippen LogP contribution in [0, 0.1) is 0 Å². The molecule has 72 valence electrons. The topological polar surface area (TPSA) is 29.9 Å². The number of aryl methyl sites for hydroxylation is 1. The molecule has 2 rings (SSSR count). The highest BCUT2D eigenvalue weighted by Crippen LogP contribution is 2.17. The Labute approximate surface area is 79.1 Å². The second kappa shape index (κ2) is 4.42. The SMILES string of the molecule is c1cnn(CCCNC2CCC2)c1. The summed E-state index contributed by atoms with van der Waals surface area (Å²) in [6.07, 6.45) is 9.20. The Morgan fingerprint density at radius 2 is 2.38 bits per heavy atom. The van der Waals surface area contributed by atoms with E-state index in [-0.39, 0.29) is 0 Å². The van der Waals surface area contributed by atoms with E-state index < -0.39 is 0 Å². The van der Waals surface area contributed by atoms with Crippen LogP contribution < -0.4 is 5.32 Å². The number of nitrogens with zero attached hydrogens (tertiary/aromatic N) is 2. The predicted octanol–water partition coefficient (Wildman–Crippen LogP) is 1.42. The normalized spacial score (nSPS) is 17.2. The van der Waals surface area contributed by atoms with Crippen LogP contribution in [-0.2, 0) is 6.54 Å². The lowest BCUT2D eigenvalue weighted by atomic mass is 9.93. The maximum Gasteiger partial charge on any atom is 0.0489 e. The summed E-state index contributed by atoms with van der Waals surface area (Å²) in [4.78, 5) is 0. The number of nitrogens with one attached hydrogen (secondary N) is 1. The molecule has 0 unspecified atom stereocenters. The molecule has 1 heterocycles. The zero-order chi connectivity index (χ0) is 8.93. The zero-order valence-electron chi connectivity index (χ0n) is 7.95. The van der Waals surface area contributed by atoms with Crippen molar-refractivity contribution in [3.8, 4) is 0 Å². The van der Waals surface area contributed by atoms with Gasteiger partial charge in [0.2, 0.25) is 0 Å². The van der Waals surface area contributed by atoms with Gasteiger partial charge in [-0.25, -0.2) is 0 Å². The van der Waals surface area contributed by atoms with Gasteiger partial charge in [-0.3, -0.25) is 4.68 Å². The molecule has 1 aliphatic carbocycles. The molecule has 0 aromatic carbocycles. The maximum atomic E-state index is 4.16. The molecular weight excluding hydrogens is 162 g/mol. The van der Waals surface area contributed by atoms with Gasteiger partial charge in [-0.2, -0.15) is 5.10 Å². The van der Waals surface area contributed by atoms with Crippen molar-refractivity contribution in [3.05, 3.63) is 18.5 Å². The first-order valence-electron chi connectivity index (χ1n) is 5.16. The highest BCUT2D eigenvalue weighted by atomic mass is 15.3. The maximum absolute atomic E-state index is 4.16. The van der Waals surface area contributed by atoms with Crippen LogP contribution in [0.25, 0.3) is 0 Å². The standard InChI is InChI=1S/C10H17N3/c1-4-10(5-1)11-6-2-8-13-9-3-7-12-13/h3,7,9-11H,1-2,4-6,8H2. The van der Waals surface area contributed by atoms with Gasteiger partial charge in [-0.1, -0.05) is 6.42 Å². The summed E-state index contributed by atoms with van der Waals surface area (Å²) in [6.45, 7) is 2.16. The van der Waals surface area contributed by atoms with E-state index in [1.54, 1.807) is 0 Å². The van der Waals surface area contributed by atoms with Crippen molar-refractivity contribution in [2.24, 2.45) is 0 Å². The average Bonchev–Trinajstić information content (AvgIpc) is 2.53. The predicted molar refractivity (Wildman–Crippen MR) is 52.5 cm³/mol. The van der Waals surface area contributed by atoms with E-state index in [2.05, 4.69) is 10.4 Å². The number of hydrogen-bond acceptors (Lipinski definition) is 2. The monoisotopic (exact) mass is 179 g/mol. The van der Waals surface area contributed by atoms with Gasteiger partial charge in [0.05, 0.1) is 0 Å². The van der Waals surface area contributed by atoms with Crippen LogP contribution >= 0.6 is 0 Å². The molecule has 0 spiro atoms. The minimum absolute atomic E-state index is 0.817. The van der Waals surface area contributed by atoms with Gasteiger partial charge >= 0.3 is 0 Å². The number of hydrogen-bond donors (Lipinski definition) is 1. The van der Waals surface area contributed by atoms with Gasteiger partial charge < -0.3 is 5.32 Å². The van der Waals surface area contributed by atoms with Gasteiger partial charge in [-0.15, -0.1) is 0 Å². The van der Waals surface area contributed by atoms with E-state index in [0.29, 0.717) is 0 Å². The molecule has 1 aliphatic rings. The minimum Gasteiger partial charge on any atom is -0.314 e. The molecule has 13 heavy (non-hydrogen) atoms. The smallest absolute Gasteiger partial charge is 0.0489 e. The van der Waals surface area contributed by atoms with Crippen molar-refractivity contribution in [2.75, 3.05) is 6.54 Å². The molecule has 0 radical (unpaired) electrons. The average molecular weight is 179 g/mol. The van der Waals surface area contributed by atoms with E-state index in [1.807, 2.05) is 23.1 Å². The molecule has 0 bridgehead atoms. The Morgan fingerprint density at radius 1 is 1.46 bits per heavy atom. The van der Waals surface area contributed by atoms with E-state index in [9.17, 15) is 0 Å². The molecule has 1 fully saturated rings.